The number of amides is 1. The molecule has 0 aromatic rings. The van der Waals surface area contributed by atoms with Crippen molar-refractivity contribution in [2.45, 2.75) is 6.92 Å². The molecule has 6 heteroatoms. The summed E-state index contributed by atoms with van der Waals surface area (Å²) >= 11 is 0.966. The van der Waals surface area contributed by atoms with Gasteiger partial charge in [-0.15, -0.1) is 0 Å². The minimum atomic E-state index is -0.553. The van der Waals surface area contributed by atoms with Crippen LogP contribution in [0, 0.1) is 0 Å². The number of carbonyl (C=O) groups is 2. The van der Waals surface area contributed by atoms with Crippen LogP contribution in [-0.2, 0) is 14.3 Å². The van der Waals surface area contributed by atoms with Crippen molar-refractivity contribution in [2.24, 2.45) is 10.7 Å². The van der Waals surface area contributed by atoms with Crippen molar-refractivity contribution < 1.29 is 14.3 Å². The van der Waals surface area contributed by atoms with Crippen LogP contribution in [0.3, 0.4) is 0 Å². The van der Waals surface area contributed by atoms with Gasteiger partial charge in [0.25, 0.3) is 5.91 Å². The highest BCUT2D eigenvalue weighted by Crippen LogP contribution is 2.23. The highest BCUT2D eigenvalue weighted by Gasteiger charge is 2.20. The van der Waals surface area contributed by atoms with Gasteiger partial charge in [0.2, 0.25) is 0 Å². The number of carbonyl (C=O) groups excluding carboxylic acids is 2. The van der Waals surface area contributed by atoms with E-state index in [1.807, 2.05) is 0 Å². The molecule has 0 saturated carbocycles. The fourth-order valence-corrected chi connectivity index (χ4v) is 1.36. The molecule has 5 nitrogen and oxygen atoms in total. The molecule has 70 valence electrons. The third kappa shape index (κ3) is 2.59. The predicted molar refractivity (Wildman–Crippen MR) is 48.9 cm³/mol. The average Bonchev–Trinajstić information content (AvgIpc) is 2.30. The van der Waals surface area contributed by atoms with Crippen molar-refractivity contribution in [1.29, 1.82) is 0 Å². The maximum Gasteiger partial charge on any atom is 0.332 e. The van der Waals surface area contributed by atoms with Crippen molar-refractivity contribution in [3.63, 3.8) is 0 Å². The van der Waals surface area contributed by atoms with Crippen LogP contribution in [0.4, 0.5) is 0 Å². The Morgan fingerprint density at radius 2 is 2.46 bits per heavy atom. The van der Waals surface area contributed by atoms with E-state index in [2.05, 4.69) is 9.73 Å². The van der Waals surface area contributed by atoms with Gasteiger partial charge < -0.3 is 10.5 Å². The topological polar surface area (TPSA) is 81.8 Å². The second-order valence-corrected chi connectivity index (χ2v) is 3.18. The first-order chi connectivity index (χ1) is 6.13. The van der Waals surface area contributed by atoms with E-state index in [-0.39, 0.29) is 16.7 Å². The molecular formula is C7H8N2O3S. The van der Waals surface area contributed by atoms with Crippen molar-refractivity contribution >= 4 is 28.8 Å². The molecule has 13 heavy (non-hydrogen) atoms. The van der Waals surface area contributed by atoms with Crippen molar-refractivity contribution in [1.82, 2.24) is 0 Å². The van der Waals surface area contributed by atoms with E-state index in [9.17, 15) is 9.59 Å². The number of thioether (sulfide) groups is 1. The Balaban J connectivity index is 2.65. The zero-order valence-electron chi connectivity index (χ0n) is 6.94. The molecule has 1 aliphatic heterocycles. The number of rotatable bonds is 2. The van der Waals surface area contributed by atoms with Crippen molar-refractivity contribution in [3.05, 3.63) is 11.0 Å². The van der Waals surface area contributed by atoms with Crippen LogP contribution in [0.5, 0.6) is 0 Å². The molecule has 0 radical (unpaired) electrons. The maximum absolute atomic E-state index is 11.0. The Morgan fingerprint density at radius 1 is 1.77 bits per heavy atom. The summed E-state index contributed by atoms with van der Waals surface area (Å²) in [7, 11) is 0. The smallest absolute Gasteiger partial charge is 0.332 e. The Morgan fingerprint density at radius 3 is 2.92 bits per heavy atom. The van der Waals surface area contributed by atoms with Gasteiger partial charge in [-0.25, -0.2) is 4.79 Å². The van der Waals surface area contributed by atoms with Crippen molar-refractivity contribution in [3.8, 4) is 0 Å². The van der Waals surface area contributed by atoms with Gasteiger partial charge in [-0.3, -0.25) is 4.79 Å². The molecule has 0 unspecified atom stereocenters. The molecule has 0 spiro atoms. The minimum absolute atomic E-state index is 0.153. The zero-order valence-corrected chi connectivity index (χ0v) is 7.76. The van der Waals surface area contributed by atoms with Crippen LogP contribution >= 0.6 is 11.8 Å². The molecule has 0 saturated heterocycles. The molecule has 0 aliphatic carbocycles. The molecule has 0 aromatic carbocycles. The van der Waals surface area contributed by atoms with Crippen LogP contribution < -0.4 is 5.73 Å². The third-order valence-corrected chi connectivity index (χ3v) is 1.99. The normalized spacial score (nSPS) is 19.0. The van der Waals surface area contributed by atoms with Crippen LogP contribution in [0.15, 0.2) is 16.0 Å². The van der Waals surface area contributed by atoms with Crippen LogP contribution in [0.2, 0.25) is 0 Å². The first-order valence-corrected chi connectivity index (χ1v) is 4.40. The number of nitrogens with zero attached hydrogens (tertiary/aromatic N) is 1. The average molecular weight is 200 g/mol. The summed E-state index contributed by atoms with van der Waals surface area (Å²) in [5.41, 5.74) is 5.26. The Labute approximate surface area is 79.0 Å². The lowest BCUT2D eigenvalue weighted by Gasteiger charge is -1.95. The number of hydrogen-bond donors (Lipinski definition) is 1. The standard InChI is InChI=1S/C7H8N2O3S/c1-2-12-5(10)3-4-6(11)9-7(8)13-4/h3H,2H2,1H3,(H2,8,9,11)/b4-3-. The number of nitrogens with two attached hydrogens (primary N) is 1. The second kappa shape index (κ2) is 4.08. The van der Waals surface area contributed by atoms with Crippen LogP contribution in [0.25, 0.3) is 0 Å². The van der Waals surface area contributed by atoms with Crippen molar-refractivity contribution in [2.75, 3.05) is 6.61 Å². The van der Waals surface area contributed by atoms with E-state index < -0.39 is 11.9 Å². The Kier molecular flexibility index (Phi) is 3.07. The molecule has 1 rings (SSSR count). The lowest BCUT2D eigenvalue weighted by Crippen LogP contribution is -2.02. The monoisotopic (exact) mass is 200 g/mol. The van der Waals surface area contributed by atoms with E-state index in [1.54, 1.807) is 6.92 Å². The zero-order chi connectivity index (χ0) is 9.84. The lowest BCUT2D eigenvalue weighted by molar-refractivity contribution is -0.137. The highest BCUT2D eigenvalue weighted by atomic mass is 32.2. The molecule has 1 heterocycles. The largest absolute Gasteiger partial charge is 0.463 e. The summed E-state index contributed by atoms with van der Waals surface area (Å²) in [4.78, 5) is 25.5. The van der Waals surface area contributed by atoms with Gasteiger partial charge in [0.15, 0.2) is 5.17 Å². The fraction of sp³-hybridized carbons (Fsp3) is 0.286. The summed E-state index contributed by atoms with van der Waals surface area (Å²) < 4.78 is 4.61. The number of aliphatic imine (C=N–C) groups is 1. The molecule has 2 N–H and O–H groups in total. The number of hydrogen-bond acceptors (Lipinski definition) is 5. The Hall–Kier alpha value is -1.30. The van der Waals surface area contributed by atoms with Gasteiger partial charge in [-0.05, 0) is 18.7 Å². The van der Waals surface area contributed by atoms with Gasteiger partial charge in [-0.1, -0.05) is 0 Å². The molecular weight excluding hydrogens is 192 g/mol. The lowest BCUT2D eigenvalue weighted by atomic mass is 10.5. The number of amidine groups is 1. The summed E-state index contributed by atoms with van der Waals surface area (Å²) in [5, 5.41) is 0.153. The summed E-state index contributed by atoms with van der Waals surface area (Å²) in [6, 6.07) is 0. The second-order valence-electron chi connectivity index (χ2n) is 2.12. The van der Waals surface area contributed by atoms with Gasteiger partial charge >= 0.3 is 5.97 Å². The molecule has 1 aliphatic rings. The number of esters is 1. The first-order valence-electron chi connectivity index (χ1n) is 3.58. The van der Waals surface area contributed by atoms with Gasteiger partial charge in [0.05, 0.1) is 11.5 Å². The Bertz CT molecular complexity index is 309. The SMILES string of the molecule is CCOC(=O)/C=C1\SC(N)=NC1=O. The molecule has 0 atom stereocenters. The summed E-state index contributed by atoms with van der Waals surface area (Å²) in [5.74, 6) is -1.04. The molecule has 0 aromatic heterocycles. The summed E-state index contributed by atoms with van der Waals surface area (Å²) in [6.07, 6.45) is 1.10. The van der Waals surface area contributed by atoms with E-state index in [4.69, 9.17) is 5.73 Å². The number of ether oxygens (including phenoxy) is 1. The minimum Gasteiger partial charge on any atom is -0.463 e. The van der Waals surface area contributed by atoms with Gasteiger partial charge in [0, 0.05) is 6.08 Å². The first kappa shape index (κ1) is 9.79. The van der Waals surface area contributed by atoms with Crippen LogP contribution in [0.1, 0.15) is 6.92 Å². The summed E-state index contributed by atoms with van der Waals surface area (Å²) in [6.45, 7) is 1.96. The van der Waals surface area contributed by atoms with E-state index in [0.717, 1.165) is 17.8 Å². The quantitative estimate of drug-likeness (QED) is 0.502. The molecule has 0 fully saturated rings. The van der Waals surface area contributed by atoms with Crippen LogP contribution in [-0.4, -0.2) is 23.7 Å². The van der Waals surface area contributed by atoms with E-state index in [0.29, 0.717) is 0 Å². The molecule has 0 bridgehead atoms. The van der Waals surface area contributed by atoms with E-state index in [1.165, 1.54) is 0 Å². The molecule has 1 amide bonds. The van der Waals surface area contributed by atoms with Gasteiger partial charge in [-0.2, -0.15) is 4.99 Å². The van der Waals surface area contributed by atoms with Gasteiger partial charge in [0.1, 0.15) is 0 Å². The third-order valence-electron chi connectivity index (χ3n) is 1.17. The highest BCUT2D eigenvalue weighted by molar-refractivity contribution is 8.18. The maximum atomic E-state index is 11.0. The fourth-order valence-electron chi connectivity index (χ4n) is 0.716. The predicted octanol–water partition coefficient (Wildman–Crippen LogP) is 0.0215. The van der Waals surface area contributed by atoms with E-state index >= 15 is 0 Å².